The molecule has 0 aliphatic rings. The van der Waals surface area contributed by atoms with E-state index in [1.54, 1.807) is 11.1 Å². The molecule has 0 radical (unpaired) electrons. The molecule has 0 spiro atoms. The number of hydrogen-bond acceptors (Lipinski definition) is 0. The van der Waals surface area contributed by atoms with Crippen molar-refractivity contribution in [1.82, 2.24) is 0 Å². The number of hydrogen-bond donors (Lipinski definition) is 0. The van der Waals surface area contributed by atoms with E-state index in [9.17, 15) is 0 Å². The van der Waals surface area contributed by atoms with E-state index in [1.807, 2.05) is 0 Å². The van der Waals surface area contributed by atoms with E-state index in [-0.39, 0.29) is 51.0 Å². The van der Waals surface area contributed by atoms with Crippen molar-refractivity contribution in [3.8, 4) is 0 Å². The zero-order chi connectivity index (χ0) is 20.5. The van der Waals surface area contributed by atoms with E-state index in [0.29, 0.717) is 0 Å². The summed E-state index contributed by atoms with van der Waals surface area (Å²) < 4.78 is 0. The summed E-state index contributed by atoms with van der Waals surface area (Å²) >= 11 is 0. The van der Waals surface area contributed by atoms with Gasteiger partial charge in [-0.05, 0) is 0 Å². The van der Waals surface area contributed by atoms with Gasteiger partial charge in [-0.3, -0.25) is 0 Å². The van der Waals surface area contributed by atoms with Crippen molar-refractivity contribution < 1.29 is 51.0 Å². The van der Waals surface area contributed by atoms with Crippen LogP contribution in [0.4, 0.5) is 0 Å². The Bertz CT molecular complexity index is 533. The minimum atomic E-state index is 0. The van der Waals surface area contributed by atoms with Crippen LogP contribution in [0.3, 0.4) is 0 Å². The molecule has 0 N–H and O–H groups in total. The Balaban J connectivity index is -0.000000461. The Hall–Kier alpha value is 0.163. The minimum Gasteiger partial charge on any atom is -1.00 e. The van der Waals surface area contributed by atoms with Gasteiger partial charge >= 0.3 is 26.2 Å². The molecule has 0 amide bonds. The molecule has 0 saturated carbocycles. The number of rotatable bonds is 14. The van der Waals surface area contributed by atoms with E-state index < -0.39 is 0 Å². The first-order valence-electron chi connectivity index (χ1n) is 12.1. The van der Waals surface area contributed by atoms with Crippen molar-refractivity contribution in [1.29, 1.82) is 0 Å². The summed E-state index contributed by atoms with van der Waals surface area (Å²) in [5.74, 6) is 0. The van der Waals surface area contributed by atoms with Gasteiger partial charge in [-0.1, -0.05) is 118 Å². The normalized spacial score (nSPS) is 9.68. The molecule has 0 atom stereocenters. The second-order valence-electron chi connectivity index (χ2n) is 8.50. The monoisotopic (exact) mass is 542 g/mol. The summed E-state index contributed by atoms with van der Waals surface area (Å²) in [6, 6.07) is 13.3. The van der Waals surface area contributed by atoms with E-state index in [4.69, 9.17) is 0 Å². The molecule has 0 aliphatic carbocycles. The van der Waals surface area contributed by atoms with E-state index in [0.717, 1.165) is 0 Å². The van der Waals surface area contributed by atoms with Crippen LogP contribution >= 0.6 is 0 Å². The third-order valence-corrected chi connectivity index (χ3v) is 5.90. The van der Waals surface area contributed by atoms with Crippen molar-refractivity contribution in [3.63, 3.8) is 0 Å². The molecular weight excluding hydrogens is 498 g/mol. The molecule has 0 aromatic heterocycles. The Morgan fingerprint density at radius 1 is 0.548 bits per heavy atom. The molecule has 3 heteroatoms. The number of aryl methyl sites for hydroxylation is 4. The molecule has 2 aromatic rings. The molecule has 2 aromatic carbocycles. The molecule has 31 heavy (non-hydrogen) atoms. The van der Waals surface area contributed by atoms with Crippen molar-refractivity contribution in [3.05, 3.63) is 58.7 Å². The predicted octanol–water partition coefficient (Wildman–Crippen LogP) is 3.24. The molecule has 0 aliphatic heterocycles. The maximum absolute atomic E-state index is 2.27. The average Bonchev–Trinajstić information content (AvgIpc) is 3.29. The first-order chi connectivity index (χ1) is 13.7. The van der Waals surface area contributed by atoms with Gasteiger partial charge in [0.2, 0.25) is 0 Å². The average molecular weight is 545 g/mol. The quantitative estimate of drug-likeness (QED) is 0.253. The van der Waals surface area contributed by atoms with Gasteiger partial charge in [0.05, 0.1) is 0 Å². The Morgan fingerprint density at radius 2 is 0.871 bits per heavy atom. The molecule has 0 saturated heterocycles. The van der Waals surface area contributed by atoms with E-state index >= 15 is 0 Å². The van der Waals surface area contributed by atoms with Gasteiger partial charge in [0.15, 0.2) is 0 Å². The maximum atomic E-state index is 2.27. The van der Waals surface area contributed by atoms with Gasteiger partial charge in [0.25, 0.3) is 0 Å². The van der Waals surface area contributed by atoms with E-state index in [1.165, 1.54) is 101 Å². The number of halogens is 2. The SMILES string of the molecule is CCCCCCCC[c-]1cccc1C.CCCCCCCC[c-]1cccc1C.[Cl-].[Cl-].[Zr+4]. The van der Waals surface area contributed by atoms with Crippen molar-refractivity contribution in [2.24, 2.45) is 0 Å². The molecule has 0 fully saturated rings. The van der Waals surface area contributed by atoms with Crippen molar-refractivity contribution in [2.75, 3.05) is 0 Å². The van der Waals surface area contributed by atoms with Gasteiger partial charge in [-0.2, -0.15) is 34.4 Å². The fourth-order valence-corrected chi connectivity index (χ4v) is 3.85. The van der Waals surface area contributed by atoms with Crippen LogP contribution in [0.5, 0.6) is 0 Å². The summed E-state index contributed by atoms with van der Waals surface area (Å²) in [6.07, 6.45) is 19.3. The Morgan fingerprint density at radius 3 is 1.16 bits per heavy atom. The maximum Gasteiger partial charge on any atom is 4.00 e. The van der Waals surface area contributed by atoms with Gasteiger partial charge in [-0.25, -0.2) is 24.3 Å². The summed E-state index contributed by atoms with van der Waals surface area (Å²) in [6.45, 7) is 8.97. The molecule has 0 bridgehead atoms. The standard InChI is InChI=1S/2C14H23.2ClH.Zr/c2*1-3-4-5-6-7-8-11-14-12-9-10-13(14)2;;;/h2*9-10,12H,3-8,11H2,1-2H3;2*1H;/q2*-1;;;+4/p-2. The van der Waals surface area contributed by atoms with Crippen molar-refractivity contribution >= 4 is 0 Å². The summed E-state index contributed by atoms with van der Waals surface area (Å²) in [5.41, 5.74) is 6.05. The van der Waals surface area contributed by atoms with Gasteiger partial charge in [-0.15, -0.1) is 0 Å². The van der Waals surface area contributed by atoms with Crippen LogP contribution in [-0.2, 0) is 39.0 Å². The molecule has 0 unspecified atom stereocenters. The molecular formula is C28H46Cl2Zr. The van der Waals surface area contributed by atoms with Crippen LogP contribution in [0.2, 0.25) is 0 Å². The first-order valence-corrected chi connectivity index (χ1v) is 12.1. The summed E-state index contributed by atoms with van der Waals surface area (Å²) in [7, 11) is 0. The smallest absolute Gasteiger partial charge is 1.00 e. The van der Waals surface area contributed by atoms with Gasteiger partial charge in [0.1, 0.15) is 0 Å². The fourth-order valence-electron chi connectivity index (χ4n) is 3.85. The molecule has 0 heterocycles. The minimum absolute atomic E-state index is 0. The zero-order valence-corrected chi connectivity index (χ0v) is 24.6. The van der Waals surface area contributed by atoms with E-state index in [2.05, 4.69) is 64.1 Å². The Kier molecular flexibility index (Phi) is 28.6. The predicted molar refractivity (Wildman–Crippen MR) is 128 cm³/mol. The number of unbranched alkanes of at least 4 members (excludes halogenated alkanes) is 10. The molecule has 0 nitrogen and oxygen atoms in total. The summed E-state index contributed by atoms with van der Waals surface area (Å²) in [4.78, 5) is 0. The topological polar surface area (TPSA) is 0 Å². The zero-order valence-electron chi connectivity index (χ0n) is 20.6. The third-order valence-electron chi connectivity index (χ3n) is 5.90. The van der Waals surface area contributed by atoms with Crippen molar-refractivity contribution in [2.45, 2.75) is 118 Å². The van der Waals surface area contributed by atoms with Crippen LogP contribution in [0.15, 0.2) is 36.4 Å². The van der Waals surface area contributed by atoms with Crippen LogP contribution in [0.25, 0.3) is 0 Å². The fraction of sp³-hybridized carbons (Fsp3) is 0.643. The molecule has 2 rings (SSSR count). The Labute approximate surface area is 226 Å². The molecule has 176 valence electrons. The van der Waals surface area contributed by atoms with Gasteiger partial charge < -0.3 is 24.8 Å². The second-order valence-corrected chi connectivity index (χ2v) is 8.50. The third kappa shape index (κ3) is 18.3. The van der Waals surface area contributed by atoms with Crippen LogP contribution < -0.4 is 24.8 Å². The second kappa shape index (κ2) is 24.8. The summed E-state index contributed by atoms with van der Waals surface area (Å²) in [5, 5.41) is 0. The first kappa shape index (κ1) is 35.7. The van der Waals surface area contributed by atoms with Gasteiger partial charge in [0, 0.05) is 0 Å². The van der Waals surface area contributed by atoms with Crippen LogP contribution in [0.1, 0.15) is 113 Å². The van der Waals surface area contributed by atoms with Crippen LogP contribution in [0, 0.1) is 13.8 Å². The largest absolute Gasteiger partial charge is 4.00 e. The van der Waals surface area contributed by atoms with Crippen LogP contribution in [-0.4, -0.2) is 0 Å².